The Labute approximate surface area is 189 Å². The van der Waals surface area contributed by atoms with Gasteiger partial charge in [-0.25, -0.2) is 4.79 Å². The van der Waals surface area contributed by atoms with Crippen molar-refractivity contribution in [3.63, 3.8) is 0 Å². The number of benzene rings is 4. The fourth-order valence-electron chi connectivity index (χ4n) is 4.58. The van der Waals surface area contributed by atoms with Gasteiger partial charge in [-0.1, -0.05) is 91.0 Å². The highest BCUT2D eigenvalue weighted by Gasteiger charge is 2.17. The summed E-state index contributed by atoms with van der Waals surface area (Å²) in [6.45, 7) is 0.481. The first-order valence-electron chi connectivity index (χ1n) is 10.9. The molecule has 0 aliphatic carbocycles. The molecule has 0 unspecified atom stereocenters. The van der Waals surface area contributed by atoms with Crippen molar-refractivity contribution in [2.24, 2.45) is 0 Å². The summed E-state index contributed by atoms with van der Waals surface area (Å²) < 4.78 is 7.72. The minimum atomic E-state index is -0.486. The average Bonchev–Trinajstić information content (AvgIpc) is 2.86. The van der Waals surface area contributed by atoms with Crippen molar-refractivity contribution >= 4 is 32.5 Å². The second-order valence-electron chi connectivity index (χ2n) is 8.16. The number of hydrogen-bond donors (Lipinski definition) is 1. The molecule has 0 amide bonds. The van der Waals surface area contributed by atoms with Gasteiger partial charge in [-0.15, -0.1) is 0 Å². The third-order valence-corrected chi connectivity index (χ3v) is 6.17. The number of nitrogens with one attached hydrogen (secondary N) is 1. The molecule has 0 radical (unpaired) electrons. The molecule has 6 aromatic rings. The summed E-state index contributed by atoms with van der Waals surface area (Å²) in [6, 6.07) is 33.9. The van der Waals surface area contributed by atoms with Gasteiger partial charge in [0.2, 0.25) is 0 Å². The Bertz CT molecular complexity index is 1770. The zero-order valence-corrected chi connectivity index (χ0v) is 17.8. The highest BCUT2D eigenvalue weighted by Crippen LogP contribution is 2.31. The second kappa shape index (κ2) is 7.61. The van der Waals surface area contributed by atoms with Gasteiger partial charge in [-0.2, -0.15) is 0 Å². The molecule has 33 heavy (non-hydrogen) atoms. The minimum absolute atomic E-state index is 0.152. The monoisotopic (exact) mass is 428 g/mol. The molecule has 4 heteroatoms. The molecule has 0 fully saturated rings. The molecule has 4 aromatic carbocycles. The van der Waals surface area contributed by atoms with Crippen LogP contribution in [-0.2, 0) is 6.54 Å². The topological polar surface area (TPSA) is 59.0 Å². The lowest BCUT2D eigenvalue weighted by Crippen LogP contribution is -2.26. The Morgan fingerprint density at radius 2 is 1.42 bits per heavy atom. The van der Waals surface area contributed by atoms with Gasteiger partial charge in [0.05, 0.1) is 5.69 Å². The first-order chi connectivity index (χ1) is 16.2. The molecule has 6 rings (SSSR count). The van der Waals surface area contributed by atoms with Gasteiger partial charge in [-0.05, 0) is 28.6 Å². The molecule has 4 nitrogen and oxygen atoms in total. The first kappa shape index (κ1) is 19.3. The third-order valence-electron chi connectivity index (χ3n) is 6.17. The van der Waals surface area contributed by atoms with Gasteiger partial charge in [-0.3, -0.25) is 5.41 Å². The number of nitrogens with zero attached hydrogens (tertiary/aromatic N) is 1. The average molecular weight is 428 g/mol. The predicted molar refractivity (Wildman–Crippen MR) is 132 cm³/mol. The highest BCUT2D eigenvalue weighted by molar-refractivity contribution is 6.14. The van der Waals surface area contributed by atoms with Crippen LogP contribution in [0.4, 0.5) is 0 Å². The molecule has 0 spiro atoms. The Balaban J connectivity index is 1.75. The maximum absolute atomic E-state index is 13.2. The van der Waals surface area contributed by atoms with Gasteiger partial charge in [0, 0.05) is 22.7 Å². The van der Waals surface area contributed by atoms with E-state index in [-0.39, 0.29) is 5.49 Å². The lowest BCUT2D eigenvalue weighted by Gasteiger charge is -2.17. The van der Waals surface area contributed by atoms with Crippen molar-refractivity contribution in [3.05, 3.63) is 125 Å². The fraction of sp³-hybridized carbons (Fsp3) is 0.0345. The zero-order chi connectivity index (χ0) is 22.4. The van der Waals surface area contributed by atoms with Crippen LogP contribution in [0.15, 0.2) is 112 Å². The number of aromatic nitrogens is 1. The van der Waals surface area contributed by atoms with Crippen LogP contribution in [0.25, 0.3) is 43.8 Å². The van der Waals surface area contributed by atoms with Gasteiger partial charge in [0.1, 0.15) is 16.5 Å². The molecular formula is C29H20N2O2. The van der Waals surface area contributed by atoms with E-state index in [4.69, 9.17) is 9.83 Å². The molecule has 0 saturated heterocycles. The standard InChI is InChI=1S/C29H20N2O2/c30-28-26-24(23-16-15-20-11-7-8-14-22(20)27(23)33-29(26)32)17-25(21-12-5-2-6-13-21)31(28)18-19-9-3-1-4-10-19/h1-17,30H,18H2. The normalized spacial score (nSPS) is 11.4. The molecule has 0 aliphatic rings. The van der Waals surface area contributed by atoms with Crippen LogP contribution >= 0.6 is 0 Å². The quantitative estimate of drug-likeness (QED) is 0.274. The van der Waals surface area contributed by atoms with E-state index in [1.807, 2.05) is 108 Å². The molecular weight excluding hydrogens is 408 g/mol. The van der Waals surface area contributed by atoms with E-state index in [2.05, 4.69) is 0 Å². The summed E-state index contributed by atoms with van der Waals surface area (Å²) in [5.41, 5.74) is 3.16. The number of pyridine rings is 1. The maximum Gasteiger partial charge on any atom is 0.347 e. The van der Waals surface area contributed by atoms with E-state index < -0.39 is 5.63 Å². The number of rotatable bonds is 3. The Morgan fingerprint density at radius 1 is 0.727 bits per heavy atom. The van der Waals surface area contributed by atoms with Gasteiger partial charge in [0.15, 0.2) is 0 Å². The molecule has 0 aliphatic heterocycles. The maximum atomic E-state index is 13.2. The number of fused-ring (bicyclic) bond motifs is 5. The van der Waals surface area contributed by atoms with E-state index in [0.717, 1.165) is 38.4 Å². The van der Waals surface area contributed by atoms with E-state index >= 15 is 0 Å². The van der Waals surface area contributed by atoms with Crippen LogP contribution in [0.1, 0.15) is 5.56 Å². The van der Waals surface area contributed by atoms with Crippen LogP contribution in [0.3, 0.4) is 0 Å². The lowest BCUT2D eigenvalue weighted by atomic mass is 10.0. The third kappa shape index (κ3) is 3.15. The molecule has 0 atom stereocenters. The van der Waals surface area contributed by atoms with Gasteiger partial charge < -0.3 is 8.98 Å². The molecule has 2 aromatic heterocycles. The van der Waals surface area contributed by atoms with Gasteiger partial charge >= 0.3 is 5.63 Å². The van der Waals surface area contributed by atoms with Crippen molar-refractivity contribution < 1.29 is 4.42 Å². The summed E-state index contributed by atoms with van der Waals surface area (Å²) in [5, 5.41) is 12.8. The van der Waals surface area contributed by atoms with Crippen molar-refractivity contribution in [2.75, 3.05) is 0 Å². The van der Waals surface area contributed by atoms with Gasteiger partial charge in [0.25, 0.3) is 0 Å². The Hall–Kier alpha value is -4.44. The highest BCUT2D eigenvalue weighted by atomic mass is 16.4. The zero-order valence-electron chi connectivity index (χ0n) is 17.8. The summed E-state index contributed by atoms with van der Waals surface area (Å²) in [5.74, 6) is 0. The van der Waals surface area contributed by atoms with E-state index in [0.29, 0.717) is 17.5 Å². The SMILES string of the molecule is N=c1c2c(=O)oc3c4ccccc4ccc3c2cc(-c2ccccc2)n1Cc1ccccc1. The second-order valence-corrected chi connectivity index (χ2v) is 8.16. The minimum Gasteiger partial charge on any atom is -0.421 e. The predicted octanol–water partition coefficient (Wildman–Crippen LogP) is 6.10. The van der Waals surface area contributed by atoms with Crippen molar-refractivity contribution in [2.45, 2.75) is 6.54 Å². The summed E-state index contributed by atoms with van der Waals surface area (Å²) in [4.78, 5) is 13.2. The largest absolute Gasteiger partial charge is 0.421 e. The van der Waals surface area contributed by atoms with Crippen LogP contribution in [-0.4, -0.2) is 4.57 Å². The van der Waals surface area contributed by atoms with Crippen molar-refractivity contribution in [1.82, 2.24) is 4.57 Å². The van der Waals surface area contributed by atoms with Crippen LogP contribution in [0.5, 0.6) is 0 Å². The Kier molecular flexibility index (Phi) is 4.44. The molecule has 158 valence electrons. The van der Waals surface area contributed by atoms with Crippen LogP contribution in [0.2, 0.25) is 0 Å². The van der Waals surface area contributed by atoms with Crippen LogP contribution < -0.4 is 11.1 Å². The van der Waals surface area contributed by atoms with E-state index in [9.17, 15) is 4.79 Å². The van der Waals surface area contributed by atoms with E-state index in [1.54, 1.807) is 0 Å². The lowest BCUT2D eigenvalue weighted by molar-refractivity contribution is 0.570. The molecule has 1 N–H and O–H groups in total. The van der Waals surface area contributed by atoms with Crippen molar-refractivity contribution in [3.8, 4) is 11.3 Å². The fourth-order valence-corrected chi connectivity index (χ4v) is 4.58. The smallest absolute Gasteiger partial charge is 0.347 e. The van der Waals surface area contributed by atoms with Crippen LogP contribution in [0, 0.1) is 5.41 Å². The molecule has 0 bridgehead atoms. The molecule has 2 heterocycles. The summed E-state index contributed by atoms with van der Waals surface area (Å²) >= 11 is 0. The summed E-state index contributed by atoms with van der Waals surface area (Å²) in [7, 11) is 0. The Morgan fingerprint density at radius 3 is 2.21 bits per heavy atom. The van der Waals surface area contributed by atoms with E-state index in [1.165, 1.54) is 0 Å². The van der Waals surface area contributed by atoms with Crippen molar-refractivity contribution in [1.29, 1.82) is 5.41 Å². The first-order valence-corrected chi connectivity index (χ1v) is 10.9. The molecule has 0 saturated carbocycles. The summed E-state index contributed by atoms with van der Waals surface area (Å²) in [6.07, 6.45) is 0. The number of hydrogen-bond acceptors (Lipinski definition) is 3.